The number of rotatable bonds is 2. The first-order valence-corrected chi connectivity index (χ1v) is 4.60. The van der Waals surface area contributed by atoms with Crippen LogP contribution < -0.4 is 5.32 Å². The normalized spacial score (nSPS) is 9.69. The molecule has 0 fully saturated rings. The van der Waals surface area contributed by atoms with Gasteiger partial charge >= 0.3 is 6.09 Å². The van der Waals surface area contributed by atoms with Crippen molar-refractivity contribution >= 4 is 22.0 Å². The summed E-state index contributed by atoms with van der Waals surface area (Å²) in [6.45, 7) is 2.30. The number of benzene rings is 1. The summed E-state index contributed by atoms with van der Waals surface area (Å²) in [5.41, 5.74) is 2.06. The molecule has 1 rings (SSSR count). The molecule has 13 heavy (non-hydrogen) atoms. The number of hydrogen-bond acceptors (Lipinski definition) is 1. The Morgan fingerprint density at radius 2 is 2.31 bits per heavy atom. The zero-order chi connectivity index (χ0) is 9.84. The Bertz CT molecular complexity index is 325. The van der Waals surface area contributed by atoms with Crippen molar-refractivity contribution in [1.82, 2.24) is 5.32 Å². The smallest absolute Gasteiger partial charge is 0.404 e. The molecule has 1 aromatic rings. The number of carbonyl (C=O) groups is 1. The molecule has 0 atom stereocenters. The van der Waals surface area contributed by atoms with E-state index in [2.05, 4.69) is 21.2 Å². The van der Waals surface area contributed by atoms with Crippen LogP contribution in [0.25, 0.3) is 0 Å². The molecule has 1 aromatic carbocycles. The Morgan fingerprint density at radius 1 is 1.62 bits per heavy atom. The lowest BCUT2D eigenvalue weighted by atomic mass is 10.1. The molecular formula is C9H10BrNO2. The van der Waals surface area contributed by atoms with E-state index in [1.807, 2.05) is 25.1 Å². The quantitative estimate of drug-likeness (QED) is 0.839. The predicted octanol–water partition coefficient (Wildman–Crippen LogP) is 2.53. The lowest BCUT2D eigenvalue weighted by molar-refractivity contribution is 0.194. The Kier molecular flexibility index (Phi) is 3.31. The molecule has 4 heteroatoms. The average molecular weight is 244 g/mol. The molecule has 0 radical (unpaired) electrons. The van der Waals surface area contributed by atoms with Crippen molar-refractivity contribution in [2.75, 3.05) is 0 Å². The van der Waals surface area contributed by atoms with Gasteiger partial charge in [-0.2, -0.15) is 0 Å². The van der Waals surface area contributed by atoms with Gasteiger partial charge < -0.3 is 10.4 Å². The van der Waals surface area contributed by atoms with E-state index in [9.17, 15) is 4.79 Å². The minimum Gasteiger partial charge on any atom is -0.465 e. The SMILES string of the molecule is Cc1ccc(Br)cc1CNC(=O)O. The molecule has 0 saturated heterocycles. The van der Waals surface area contributed by atoms with E-state index < -0.39 is 6.09 Å². The molecular weight excluding hydrogens is 234 g/mol. The highest BCUT2D eigenvalue weighted by Crippen LogP contribution is 2.15. The molecule has 0 bridgehead atoms. The Labute approximate surface area is 84.9 Å². The molecule has 0 spiro atoms. The maximum Gasteiger partial charge on any atom is 0.404 e. The van der Waals surface area contributed by atoms with Gasteiger partial charge in [0.1, 0.15) is 0 Å². The van der Waals surface area contributed by atoms with Crippen LogP contribution >= 0.6 is 15.9 Å². The first-order chi connectivity index (χ1) is 6.09. The second-order valence-corrected chi connectivity index (χ2v) is 3.65. The summed E-state index contributed by atoms with van der Waals surface area (Å²) < 4.78 is 0.959. The van der Waals surface area contributed by atoms with Crippen LogP contribution in [0.3, 0.4) is 0 Å². The van der Waals surface area contributed by atoms with Crippen molar-refractivity contribution in [3.8, 4) is 0 Å². The molecule has 3 nitrogen and oxygen atoms in total. The van der Waals surface area contributed by atoms with Crippen LogP contribution in [0.1, 0.15) is 11.1 Å². The van der Waals surface area contributed by atoms with E-state index in [0.29, 0.717) is 6.54 Å². The summed E-state index contributed by atoms with van der Waals surface area (Å²) in [4.78, 5) is 10.2. The van der Waals surface area contributed by atoms with Gasteiger partial charge in [-0.25, -0.2) is 4.79 Å². The second-order valence-electron chi connectivity index (χ2n) is 2.73. The third-order valence-corrected chi connectivity index (χ3v) is 2.23. The summed E-state index contributed by atoms with van der Waals surface area (Å²) in [7, 11) is 0. The molecule has 0 saturated carbocycles. The number of aryl methyl sites for hydroxylation is 1. The zero-order valence-electron chi connectivity index (χ0n) is 7.17. The van der Waals surface area contributed by atoms with Crippen LogP contribution in [0.5, 0.6) is 0 Å². The summed E-state index contributed by atoms with van der Waals surface area (Å²) in [5, 5.41) is 10.7. The summed E-state index contributed by atoms with van der Waals surface area (Å²) in [6, 6.07) is 5.79. The van der Waals surface area contributed by atoms with Crippen LogP contribution in [-0.2, 0) is 6.54 Å². The highest BCUT2D eigenvalue weighted by Gasteiger charge is 2.00. The van der Waals surface area contributed by atoms with E-state index >= 15 is 0 Å². The molecule has 0 aliphatic rings. The maximum atomic E-state index is 10.2. The molecule has 0 heterocycles. The Morgan fingerprint density at radius 3 is 2.92 bits per heavy atom. The Balaban J connectivity index is 2.75. The molecule has 1 amide bonds. The lowest BCUT2D eigenvalue weighted by Gasteiger charge is -2.05. The first-order valence-electron chi connectivity index (χ1n) is 3.81. The van der Waals surface area contributed by atoms with Gasteiger partial charge in [0.15, 0.2) is 0 Å². The van der Waals surface area contributed by atoms with E-state index in [1.54, 1.807) is 0 Å². The molecule has 0 aliphatic carbocycles. The van der Waals surface area contributed by atoms with Crippen molar-refractivity contribution in [2.24, 2.45) is 0 Å². The second kappa shape index (κ2) is 4.28. The van der Waals surface area contributed by atoms with Crippen LogP contribution in [0.4, 0.5) is 4.79 Å². The third kappa shape index (κ3) is 3.06. The van der Waals surface area contributed by atoms with Gasteiger partial charge in [0.2, 0.25) is 0 Å². The molecule has 0 unspecified atom stereocenters. The number of hydrogen-bond donors (Lipinski definition) is 2. The highest BCUT2D eigenvalue weighted by molar-refractivity contribution is 9.10. The van der Waals surface area contributed by atoms with E-state index in [0.717, 1.165) is 15.6 Å². The van der Waals surface area contributed by atoms with Gasteiger partial charge in [-0.15, -0.1) is 0 Å². The summed E-state index contributed by atoms with van der Waals surface area (Å²) in [5.74, 6) is 0. The van der Waals surface area contributed by atoms with Gasteiger partial charge in [-0.3, -0.25) is 0 Å². The van der Waals surface area contributed by atoms with Crippen LogP contribution in [0.2, 0.25) is 0 Å². The molecule has 0 aliphatic heterocycles. The first kappa shape index (κ1) is 10.1. The fourth-order valence-electron chi connectivity index (χ4n) is 1.00. The molecule has 70 valence electrons. The number of halogens is 1. The van der Waals surface area contributed by atoms with Crippen LogP contribution in [0.15, 0.2) is 22.7 Å². The fraction of sp³-hybridized carbons (Fsp3) is 0.222. The molecule has 2 N–H and O–H groups in total. The predicted molar refractivity (Wildman–Crippen MR) is 53.7 cm³/mol. The van der Waals surface area contributed by atoms with Gasteiger partial charge in [0.05, 0.1) is 0 Å². The average Bonchev–Trinajstić information content (AvgIpc) is 2.06. The minimum atomic E-state index is -1.00. The van der Waals surface area contributed by atoms with Crippen molar-refractivity contribution in [3.63, 3.8) is 0 Å². The summed E-state index contributed by atoms with van der Waals surface area (Å²) in [6.07, 6.45) is -1.00. The van der Waals surface area contributed by atoms with Crippen LogP contribution in [0, 0.1) is 6.92 Å². The number of amides is 1. The number of nitrogens with one attached hydrogen (secondary N) is 1. The van der Waals surface area contributed by atoms with Crippen LogP contribution in [-0.4, -0.2) is 11.2 Å². The van der Waals surface area contributed by atoms with E-state index in [1.165, 1.54) is 0 Å². The van der Waals surface area contributed by atoms with Crippen molar-refractivity contribution in [3.05, 3.63) is 33.8 Å². The van der Waals surface area contributed by atoms with Gasteiger partial charge in [0.25, 0.3) is 0 Å². The minimum absolute atomic E-state index is 0.348. The molecule has 0 aromatic heterocycles. The van der Waals surface area contributed by atoms with Gasteiger partial charge in [0, 0.05) is 11.0 Å². The largest absolute Gasteiger partial charge is 0.465 e. The van der Waals surface area contributed by atoms with Crippen molar-refractivity contribution < 1.29 is 9.90 Å². The van der Waals surface area contributed by atoms with Gasteiger partial charge in [-0.1, -0.05) is 22.0 Å². The standard InChI is InChI=1S/C9H10BrNO2/c1-6-2-3-8(10)4-7(6)5-11-9(12)13/h2-4,11H,5H2,1H3,(H,12,13). The topological polar surface area (TPSA) is 49.3 Å². The Hall–Kier alpha value is -1.03. The third-order valence-electron chi connectivity index (χ3n) is 1.74. The van der Waals surface area contributed by atoms with E-state index in [-0.39, 0.29) is 0 Å². The maximum absolute atomic E-state index is 10.2. The van der Waals surface area contributed by atoms with Crippen molar-refractivity contribution in [1.29, 1.82) is 0 Å². The summed E-state index contributed by atoms with van der Waals surface area (Å²) >= 11 is 3.33. The number of carboxylic acid groups (broad SMARTS) is 1. The zero-order valence-corrected chi connectivity index (χ0v) is 8.76. The lowest BCUT2D eigenvalue weighted by Crippen LogP contribution is -2.20. The van der Waals surface area contributed by atoms with E-state index in [4.69, 9.17) is 5.11 Å². The fourth-order valence-corrected chi connectivity index (χ4v) is 1.41. The van der Waals surface area contributed by atoms with Gasteiger partial charge in [-0.05, 0) is 30.2 Å². The van der Waals surface area contributed by atoms with Crippen molar-refractivity contribution in [2.45, 2.75) is 13.5 Å². The highest BCUT2D eigenvalue weighted by atomic mass is 79.9. The monoisotopic (exact) mass is 243 g/mol.